The van der Waals surface area contributed by atoms with Crippen molar-refractivity contribution < 1.29 is 32.3 Å². The van der Waals surface area contributed by atoms with E-state index >= 15 is 0 Å². The van der Waals surface area contributed by atoms with Crippen molar-refractivity contribution in [3.8, 4) is 0 Å². The van der Waals surface area contributed by atoms with Crippen LogP contribution in [0.4, 0.5) is 4.79 Å². The van der Waals surface area contributed by atoms with Crippen LogP contribution in [-0.2, 0) is 22.4 Å². The van der Waals surface area contributed by atoms with Gasteiger partial charge in [-0.1, -0.05) is 7.43 Å². The molecule has 0 saturated carbocycles. The van der Waals surface area contributed by atoms with Gasteiger partial charge in [0.2, 0.25) is 0 Å². The SMILES string of the molecule is C.[O]=[Ti][C](=O)O. The molecule has 4 heteroatoms. The van der Waals surface area contributed by atoms with Gasteiger partial charge < -0.3 is 0 Å². The predicted octanol–water partition coefficient (Wildman–Crippen LogP) is 0.728. The maximum absolute atomic E-state index is 9.16. The van der Waals surface area contributed by atoms with Gasteiger partial charge in [0.15, 0.2) is 0 Å². The van der Waals surface area contributed by atoms with Crippen LogP contribution in [0.1, 0.15) is 7.43 Å². The molecule has 0 aliphatic heterocycles. The molecule has 6 heavy (non-hydrogen) atoms. The van der Waals surface area contributed by atoms with Gasteiger partial charge in [-0.25, -0.2) is 0 Å². The van der Waals surface area contributed by atoms with Gasteiger partial charge in [0, 0.05) is 0 Å². The molecule has 0 amide bonds. The monoisotopic (exact) mass is 125 g/mol. The van der Waals surface area contributed by atoms with E-state index in [1.165, 1.54) is 0 Å². The minimum atomic E-state index is -1.89. The first-order valence-electron chi connectivity index (χ1n) is 0.882. The van der Waals surface area contributed by atoms with Crippen LogP contribution in [0.3, 0.4) is 0 Å². The molecule has 3 nitrogen and oxygen atoms in total. The first-order valence-corrected chi connectivity index (χ1v) is 2.30. The molecule has 0 fully saturated rings. The molecule has 0 atom stereocenters. The molecular formula is C2H5O3Ti. The Labute approximate surface area is 44.6 Å². The van der Waals surface area contributed by atoms with Crippen molar-refractivity contribution >= 4 is 4.27 Å². The number of rotatable bonds is 1. The van der Waals surface area contributed by atoms with Crippen LogP contribution in [0.5, 0.6) is 0 Å². The van der Waals surface area contributed by atoms with Crippen LogP contribution in [0.25, 0.3) is 0 Å². The Hall–Kier alpha value is -0.0157. The van der Waals surface area contributed by atoms with Crippen molar-refractivity contribution in [3.05, 3.63) is 0 Å². The van der Waals surface area contributed by atoms with Crippen molar-refractivity contribution in [3.63, 3.8) is 0 Å². The fourth-order valence-electron chi connectivity index (χ4n) is 0. The minimum absolute atomic E-state index is 0. The van der Waals surface area contributed by atoms with E-state index in [9.17, 15) is 0 Å². The standard InChI is InChI=1S/CHO2.CH4.O.Ti/c2-1-3;;;/h(H,2,3);1H4;;. The van der Waals surface area contributed by atoms with E-state index in [1.807, 2.05) is 0 Å². The average molecular weight is 125 g/mol. The summed E-state index contributed by atoms with van der Waals surface area (Å²) in [6, 6.07) is 0. The van der Waals surface area contributed by atoms with Crippen molar-refractivity contribution in [2.24, 2.45) is 0 Å². The summed E-state index contributed by atoms with van der Waals surface area (Å²) in [7, 11) is 0. The topological polar surface area (TPSA) is 54.4 Å². The quantitative estimate of drug-likeness (QED) is 0.525. The zero-order valence-electron chi connectivity index (χ0n) is 2.26. The van der Waals surface area contributed by atoms with Crippen LogP contribution in [0, 0.1) is 0 Å². The third kappa shape index (κ3) is 9.01. The van der Waals surface area contributed by atoms with Crippen LogP contribution < -0.4 is 0 Å². The van der Waals surface area contributed by atoms with Gasteiger partial charge in [0.25, 0.3) is 0 Å². The van der Waals surface area contributed by atoms with E-state index in [-0.39, 0.29) is 7.43 Å². The molecule has 0 aliphatic carbocycles. The Bertz CT molecular complexity index is 59.8. The summed E-state index contributed by atoms with van der Waals surface area (Å²) in [5.41, 5.74) is 0. The second kappa shape index (κ2) is 4.98. The Morgan fingerprint density at radius 3 is 1.83 bits per heavy atom. The van der Waals surface area contributed by atoms with Crippen molar-refractivity contribution in [1.29, 1.82) is 0 Å². The maximum atomic E-state index is 9.16. The summed E-state index contributed by atoms with van der Waals surface area (Å²) in [5, 5.41) is 7.47. The molecule has 0 rings (SSSR count). The molecule has 1 N–H and O–H groups in total. The summed E-state index contributed by atoms with van der Waals surface area (Å²) >= 11 is -1.89. The van der Waals surface area contributed by atoms with Crippen LogP contribution in [0.15, 0.2) is 0 Å². The number of hydrogen-bond donors (Lipinski definition) is 1. The van der Waals surface area contributed by atoms with Gasteiger partial charge >= 0.3 is 36.6 Å². The Morgan fingerprint density at radius 2 is 1.83 bits per heavy atom. The molecule has 0 saturated heterocycles. The molecule has 0 radical (unpaired) electrons. The molecule has 0 unspecified atom stereocenters. The zero-order chi connectivity index (χ0) is 4.28. The Kier molecular flexibility index (Phi) is 7.78. The van der Waals surface area contributed by atoms with E-state index in [1.54, 1.807) is 0 Å². The molecular weight excluding hydrogens is 120 g/mol. The third-order valence-electron chi connectivity index (χ3n) is 0.0873. The second-order valence-corrected chi connectivity index (χ2v) is 1.39. The average Bonchev–Trinajstić information content (AvgIpc) is 1.38. The van der Waals surface area contributed by atoms with Gasteiger partial charge in [-0.05, 0) is 0 Å². The molecule has 0 aromatic rings. The number of hydrogen-bond acceptors (Lipinski definition) is 2. The van der Waals surface area contributed by atoms with E-state index in [4.69, 9.17) is 13.2 Å². The van der Waals surface area contributed by atoms with Gasteiger partial charge in [-0.3, -0.25) is 0 Å². The molecule has 0 aromatic carbocycles. The summed E-state index contributed by atoms with van der Waals surface area (Å²) < 4.78 is 7.98. The summed E-state index contributed by atoms with van der Waals surface area (Å²) in [4.78, 5) is 9.11. The van der Waals surface area contributed by atoms with E-state index in [2.05, 4.69) is 0 Å². The van der Waals surface area contributed by atoms with Gasteiger partial charge in [-0.2, -0.15) is 0 Å². The molecule has 35 valence electrons. The second-order valence-electron chi connectivity index (χ2n) is 0.407. The molecule has 0 aromatic heterocycles. The summed E-state index contributed by atoms with van der Waals surface area (Å²) in [5.74, 6) is 0. The third-order valence-corrected chi connectivity index (χ3v) is 0.360. The predicted molar refractivity (Wildman–Crippen MR) is 15.4 cm³/mol. The Balaban J connectivity index is 0. The molecule has 0 spiro atoms. The van der Waals surface area contributed by atoms with Gasteiger partial charge in [-0.15, -0.1) is 0 Å². The zero-order valence-corrected chi connectivity index (χ0v) is 3.83. The van der Waals surface area contributed by atoms with Crippen molar-refractivity contribution in [2.75, 3.05) is 0 Å². The fourth-order valence-corrected chi connectivity index (χ4v) is 0. The molecule has 0 aliphatic rings. The first-order chi connectivity index (χ1) is 2.27. The summed E-state index contributed by atoms with van der Waals surface area (Å²) in [6.07, 6.45) is 0. The van der Waals surface area contributed by atoms with E-state index in [0.29, 0.717) is 0 Å². The first kappa shape index (κ1) is 9.37. The number of carbonyl (C=O) groups is 1. The van der Waals surface area contributed by atoms with Crippen LogP contribution in [0.2, 0.25) is 0 Å². The Morgan fingerprint density at radius 1 is 1.67 bits per heavy atom. The van der Waals surface area contributed by atoms with Crippen molar-refractivity contribution in [1.82, 2.24) is 0 Å². The normalized spacial score (nSPS) is 4.67. The van der Waals surface area contributed by atoms with Gasteiger partial charge in [0.05, 0.1) is 0 Å². The number of carboxylic acid groups (broad SMARTS) is 1. The van der Waals surface area contributed by atoms with Crippen LogP contribution >= 0.6 is 0 Å². The van der Waals surface area contributed by atoms with Crippen molar-refractivity contribution in [2.45, 2.75) is 7.43 Å². The fraction of sp³-hybridized carbons (Fsp3) is 0.500. The van der Waals surface area contributed by atoms with E-state index in [0.717, 1.165) is 0 Å². The summed E-state index contributed by atoms with van der Waals surface area (Å²) in [6.45, 7) is 0. The van der Waals surface area contributed by atoms with E-state index < -0.39 is 23.4 Å². The van der Waals surface area contributed by atoms with Gasteiger partial charge in [0.1, 0.15) is 0 Å². The molecule has 0 heterocycles. The molecule has 0 bridgehead atoms. The van der Waals surface area contributed by atoms with Crippen LogP contribution in [-0.4, -0.2) is 9.38 Å².